The molecule has 7 rings (SSSR count). The quantitative estimate of drug-likeness (QED) is 0.635. The van der Waals surface area contributed by atoms with Gasteiger partial charge in [-0.3, -0.25) is 0 Å². The van der Waals surface area contributed by atoms with Crippen LogP contribution in [0.4, 0.5) is 10.6 Å². The highest BCUT2D eigenvalue weighted by atomic mass is 16.2. The summed E-state index contributed by atoms with van der Waals surface area (Å²) in [4.78, 5) is 27.7. The average molecular weight is 488 g/mol. The van der Waals surface area contributed by atoms with E-state index in [0.29, 0.717) is 0 Å². The van der Waals surface area contributed by atoms with Crippen molar-refractivity contribution in [2.45, 2.75) is 77.2 Å². The van der Waals surface area contributed by atoms with Gasteiger partial charge in [-0.05, 0) is 81.6 Å². The smallest absolute Gasteiger partial charge is 0.317 e. The Labute approximate surface area is 215 Å². The Bertz CT molecular complexity index is 1060. The molecule has 4 bridgehead atoms. The van der Waals surface area contributed by atoms with Crippen LogP contribution in [0.5, 0.6) is 0 Å². The van der Waals surface area contributed by atoms with Gasteiger partial charge in [-0.15, -0.1) is 0 Å². The first-order valence-electron chi connectivity index (χ1n) is 14.2. The summed E-state index contributed by atoms with van der Waals surface area (Å²) in [6, 6.07) is 10.8. The molecule has 4 aliphatic carbocycles. The van der Waals surface area contributed by atoms with E-state index in [2.05, 4.69) is 52.4 Å². The number of amides is 2. The van der Waals surface area contributed by atoms with Crippen molar-refractivity contribution in [1.82, 2.24) is 20.2 Å². The molecule has 5 aliphatic rings. The molecule has 0 atom stereocenters. The number of aromatic nitrogens is 2. The van der Waals surface area contributed by atoms with Crippen molar-refractivity contribution in [2.24, 2.45) is 17.8 Å². The van der Waals surface area contributed by atoms with E-state index in [9.17, 15) is 4.79 Å². The first-order valence-corrected chi connectivity index (χ1v) is 14.2. The fraction of sp³-hybridized carbons (Fsp3) is 0.633. The van der Waals surface area contributed by atoms with Gasteiger partial charge in [0.1, 0.15) is 11.6 Å². The largest absolute Gasteiger partial charge is 0.354 e. The number of anilines is 1. The normalized spacial score (nSPS) is 29.3. The van der Waals surface area contributed by atoms with Crippen molar-refractivity contribution in [3.05, 3.63) is 53.0 Å². The molecule has 0 spiro atoms. The molecule has 6 heteroatoms. The van der Waals surface area contributed by atoms with Crippen LogP contribution in [0, 0.1) is 24.7 Å². The maximum Gasteiger partial charge on any atom is 0.317 e. The number of hydrogen-bond acceptors (Lipinski definition) is 4. The van der Waals surface area contributed by atoms with Crippen LogP contribution in [0.1, 0.15) is 74.5 Å². The Morgan fingerprint density at radius 3 is 2.33 bits per heavy atom. The fourth-order valence-electron chi connectivity index (χ4n) is 8.07. The van der Waals surface area contributed by atoms with Gasteiger partial charge in [0.15, 0.2) is 0 Å². The van der Waals surface area contributed by atoms with Gasteiger partial charge in [0.2, 0.25) is 0 Å². The van der Waals surface area contributed by atoms with E-state index in [4.69, 9.17) is 9.97 Å². The molecular weight excluding hydrogens is 446 g/mol. The van der Waals surface area contributed by atoms with E-state index in [0.717, 1.165) is 80.5 Å². The highest BCUT2D eigenvalue weighted by Gasteiger charge is 2.51. The lowest BCUT2D eigenvalue weighted by Crippen LogP contribution is -2.62. The number of hydrogen-bond donors (Lipinski definition) is 1. The molecule has 1 aromatic heterocycles. The van der Waals surface area contributed by atoms with Gasteiger partial charge in [-0.25, -0.2) is 14.8 Å². The Morgan fingerprint density at radius 2 is 1.67 bits per heavy atom. The number of nitrogens with zero attached hydrogens (tertiary/aromatic N) is 4. The zero-order valence-corrected chi connectivity index (χ0v) is 22.0. The topological polar surface area (TPSA) is 61.4 Å². The average Bonchev–Trinajstić information content (AvgIpc) is 3.11. The van der Waals surface area contributed by atoms with Gasteiger partial charge < -0.3 is 15.1 Å². The monoisotopic (exact) mass is 487 g/mol. The minimum Gasteiger partial charge on any atom is -0.354 e. The van der Waals surface area contributed by atoms with E-state index in [1.807, 2.05) is 6.92 Å². The Morgan fingerprint density at radius 1 is 0.972 bits per heavy atom. The second-order valence-corrected chi connectivity index (χ2v) is 12.0. The van der Waals surface area contributed by atoms with E-state index < -0.39 is 0 Å². The maximum absolute atomic E-state index is 13.5. The van der Waals surface area contributed by atoms with Gasteiger partial charge in [0.05, 0.1) is 0 Å². The van der Waals surface area contributed by atoms with Crippen LogP contribution >= 0.6 is 0 Å². The number of carbonyl (C=O) groups is 1. The third kappa shape index (κ3) is 4.71. The van der Waals surface area contributed by atoms with Crippen LogP contribution < -0.4 is 10.2 Å². The molecule has 0 unspecified atom stereocenters. The van der Waals surface area contributed by atoms with E-state index >= 15 is 0 Å². The number of rotatable bonds is 5. The van der Waals surface area contributed by atoms with Crippen LogP contribution in [0.25, 0.3) is 0 Å². The number of nitrogens with one attached hydrogen (secondary N) is 1. The van der Waals surface area contributed by atoms with Crippen LogP contribution in [0.15, 0.2) is 30.3 Å². The zero-order valence-electron chi connectivity index (χ0n) is 22.0. The molecule has 2 aromatic rings. The summed E-state index contributed by atoms with van der Waals surface area (Å²) in [5.41, 5.74) is 3.73. The standard InChI is InChI=1S/C30H41N5O/c1-3-27-26(17-22-8-5-4-6-9-22)28(32-21(2)31-27)34-10-7-11-35(13-12-34)29(36)33-30-18-23-14-24(19-30)16-25(15-23)20-30/h4-6,8-9,23-25H,3,7,10-20H2,1-2H3,(H,33,36). The highest BCUT2D eigenvalue weighted by molar-refractivity contribution is 5.75. The summed E-state index contributed by atoms with van der Waals surface area (Å²) in [6.45, 7) is 7.47. The third-order valence-electron chi connectivity index (χ3n) is 9.23. The molecule has 1 N–H and O–H groups in total. The molecule has 4 saturated carbocycles. The Kier molecular flexibility index (Phi) is 6.38. The summed E-state index contributed by atoms with van der Waals surface area (Å²) in [6.07, 6.45) is 10.5. The molecule has 6 nitrogen and oxygen atoms in total. The summed E-state index contributed by atoms with van der Waals surface area (Å²) in [5.74, 6) is 4.42. The summed E-state index contributed by atoms with van der Waals surface area (Å²) in [7, 11) is 0. The zero-order chi connectivity index (χ0) is 24.7. The lowest BCUT2D eigenvalue weighted by Gasteiger charge is -2.57. The van der Waals surface area contributed by atoms with Gasteiger partial charge in [-0.1, -0.05) is 37.3 Å². The van der Waals surface area contributed by atoms with E-state index in [1.165, 1.54) is 49.7 Å². The van der Waals surface area contributed by atoms with E-state index in [-0.39, 0.29) is 11.6 Å². The SMILES string of the molecule is CCc1nc(C)nc(N2CCCN(C(=O)NC34CC5CC(CC(C5)C3)C4)CC2)c1Cc1ccccc1. The maximum atomic E-state index is 13.5. The number of carbonyl (C=O) groups excluding carboxylic acids is 1. The first-order chi connectivity index (χ1) is 17.5. The lowest BCUT2D eigenvalue weighted by atomic mass is 9.53. The molecule has 1 aromatic carbocycles. The molecule has 0 radical (unpaired) electrons. The summed E-state index contributed by atoms with van der Waals surface area (Å²) >= 11 is 0. The van der Waals surface area contributed by atoms with Gasteiger partial charge in [0.25, 0.3) is 0 Å². The van der Waals surface area contributed by atoms with Crippen LogP contribution in [0.3, 0.4) is 0 Å². The lowest BCUT2D eigenvalue weighted by molar-refractivity contribution is -0.0155. The predicted molar refractivity (Wildman–Crippen MR) is 143 cm³/mol. The Hall–Kier alpha value is -2.63. The molecule has 2 heterocycles. The van der Waals surface area contributed by atoms with Crippen molar-refractivity contribution in [2.75, 3.05) is 31.1 Å². The summed E-state index contributed by atoms with van der Waals surface area (Å²) < 4.78 is 0. The van der Waals surface area contributed by atoms with Crippen LogP contribution in [-0.2, 0) is 12.8 Å². The van der Waals surface area contributed by atoms with Crippen molar-refractivity contribution in [3.8, 4) is 0 Å². The predicted octanol–water partition coefficient (Wildman–Crippen LogP) is 5.13. The van der Waals surface area contributed by atoms with Crippen LogP contribution in [-0.4, -0.2) is 52.6 Å². The molecule has 192 valence electrons. The minimum absolute atomic E-state index is 0.0699. The molecular formula is C30H41N5O. The van der Waals surface area contributed by atoms with Gasteiger partial charge in [0, 0.05) is 49.4 Å². The molecule has 36 heavy (non-hydrogen) atoms. The van der Waals surface area contributed by atoms with Crippen LogP contribution in [0.2, 0.25) is 0 Å². The fourth-order valence-corrected chi connectivity index (χ4v) is 8.07. The van der Waals surface area contributed by atoms with Crippen molar-refractivity contribution in [3.63, 3.8) is 0 Å². The number of benzene rings is 1. The van der Waals surface area contributed by atoms with Gasteiger partial charge >= 0.3 is 6.03 Å². The highest BCUT2D eigenvalue weighted by Crippen LogP contribution is 2.55. The molecule has 1 aliphatic heterocycles. The number of aryl methyl sites for hydroxylation is 2. The van der Waals surface area contributed by atoms with Crippen molar-refractivity contribution < 1.29 is 4.79 Å². The summed E-state index contributed by atoms with van der Waals surface area (Å²) in [5, 5.41) is 3.59. The van der Waals surface area contributed by atoms with Crippen molar-refractivity contribution in [1.29, 1.82) is 0 Å². The van der Waals surface area contributed by atoms with Crippen molar-refractivity contribution >= 4 is 11.8 Å². The Balaban J connectivity index is 1.17. The first kappa shape index (κ1) is 23.7. The third-order valence-corrected chi connectivity index (χ3v) is 9.23. The van der Waals surface area contributed by atoms with Gasteiger partial charge in [-0.2, -0.15) is 0 Å². The molecule has 1 saturated heterocycles. The molecule has 2 amide bonds. The molecule has 5 fully saturated rings. The minimum atomic E-state index is 0.0699. The second kappa shape index (κ2) is 9.68. The number of urea groups is 1. The van der Waals surface area contributed by atoms with E-state index in [1.54, 1.807) is 0 Å². The second-order valence-electron chi connectivity index (χ2n) is 12.0.